The summed E-state index contributed by atoms with van der Waals surface area (Å²) < 4.78 is 5.39. The third-order valence-electron chi connectivity index (χ3n) is 4.75. The summed E-state index contributed by atoms with van der Waals surface area (Å²) in [7, 11) is 0. The molecule has 0 saturated carbocycles. The maximum Gasteiger partial charge on any atom is 0.253 e. The molecule has 0 aliphatic carbocycles. The first-order chi connectivity index (χ1) is 13.7. The van der Waals surface area contributed by atoms with Crippen LogP contribution in [0, 0.1) is 5.92 Å². The van der Waals surface area contributed by atoms with Crippen molar-refractivity contribution in [1.29, 1.82) is 0 Å². The molecule has 1 aliphatic rings. The number of likely N-dealkylation sites (tertiary alicyclic amines) is 1. The van der Waals surface area contributed by atoms with E-state index in [0.717, 1.165) is 11.3 Å². The van der Waals surface area contributed by atoms with Crippen molar-refractivity contribution in [2.45, 2.75) is 19.8 Å². The summed E-state index contributed by atoms with van der Waals surface area (Å²) in [5, 5.41) is 4.05. The second-order valence-electron chi connectivity index (χ2n) is 6.67. The van der Waals surface area contributed by atoms with Crippen molar-refractivity contribution in [2.75, 3.05) is 19.7 Å². The van der Waals surface area contributed by atoms with Gasteiger partial charge in [0.05, 0.1) is 12.8 Å². The van der Waals surface area contributed by atoms with Gasteiger partial charge in [0.2, 0.25) is 5.91 Å². The quantitative estimate of drug-likeness (QED) is 0.619. The Bertz CT molecular complexity index is 811. The molecule has 28 heavy (non-hydrogen) atoms. The van der Waals surface area contributed by atoms with E-state index in [1.807, 2.05) is 66.4 Å². The van der Waals surface area contributed by atoms with Gasteiger partial charge in [-0.1, -0.05) is 18.2 Å². The van der Waals surface area contributed by atoms with Crippen LogP contribution in [0.15, 0.2) is 59.7 Å². The molecule has 6 heteroatoms. The SMILES string of the molecule is CCOc1ccc(/C=N\NC(=O)C2CCN(C(=O)c3ccccc3)CC2)cc1. The Morgan fingerprint density at radius 1 is 1.11 bits per heavy atom. The lowest BCUT2D eigenvalue weighted by atomic mass is 9.95. The summed E-state index contributed by atoms with van der Waals surface area (Å²) >= 11 is 0. The number of carbonyl (C=O) groups excluding carboxylic acids is 2. The molecular formula is C22H25N3O3. The van der Waals surface area contributed by atoms with E-state index in [1.165, 1.54) is 0 Å². The molecule has 1 saturated heterocycles. The van der Waals surface area contributed by atoms with Crippen LogP contribution in [0.4, 0.5) is 0 Å². The number of nitrogens with zero attached hydrogens (tertiary/aromatic N) is 2. The van der Waals surface area contributed by atoms with E-state index in [0.29, 0.717) is 38.1 Å². The van der Waals surface area contributed by atoms with Crippen LogP contribution >= 0.6 is 0 Å². The minimum Gasteiger partial charge on any atom is -0.494 e. The molecule has 0 bridgehead atoms. The molecule has 1 heterocycles. The molecule has 0 atom stereocenters. The highest BCUT2D eigenvalue weighted by Gasteiger charge is 2.27. The number of amides is 2. The van der Waals surface area contributed by atoms with E-state index in [2.05, 4.69) is 10.5 Å². The average molecular weight is 379 g/mol. The Kier molecular flexibility index (Phi) is 6.78. The maximum absolute atomic E-state index is 12.5. The van der Waals surface area contributed by atoms with Gasteiger partial charge in [0, 0.05) is 24.6 Å². The van der Waals surface area contributed by atoms with E-state index < -0.39 is 0 Å². The van der Waals surface area contributed by atoms with Crippen LogP contribution in [0.1, 0.15) is 35.7 Å². The molecule has 1 fully saturated rings. The van der Waals surface area contributed by atoms with E-state index in [4.69, 9.17) is 4.74 Å². The Morgan fingerprint density at radius 3 is 2.43 bits per heavy atom. The Hall–Kier alpha value is -3.15. The van der Waals surface area contributed by atoms with Gasteiger partial charge < -0.3 is 9.64 Å². The molecule has 0 unspecified atom stereocenters. The molecule has 1 aliphatic heterocycles. The zero-order chi connectivity index (χ0) is 19.8. The topological polar surface area (TPSA) is 71.0 Å². The van der Waals surface area contributed by atoms with Gasteiger partial charge in [-0.15, -0.1) is 0 Å². The first-order valence-corrected chi connectivity index (χ1v) is 9.57. The van der Waals surface area contributed by atoms with E-state index in [9.17, 15) is 9.59 Å². The largest absolute Gasteiger partial charge is 0.494 e. The van der Waals surface area contributed by atoms with Crippen LogP contribution in [-0.4, -0.2) is 42.6 Å². The van der Waals surface area contributed by atoms with Gasteiger partial charge in [-0.3, -0.25) is 9.59 Å². The fourth-order valence-corrected chi connectivity index (χ4v) is 3.19. The smallest absolute Gasteiger partial charge is 0.253 e. The maximum atomic E-state index is 12.5. The summed E-state index contributed by atoms with van der Waals surface area (Å²) in [5.41, 5.74) is 4.18. The number of benzene rings is 2. The molecule has 2 aromatic rings. The number of piperidine rings is 1. The number of ether oxygens (including phenoxy) is 1. The van der Waals surface area contributed by atoms with Crippen LogP contribution in [-0.2, 0) is 4.79 Å². The van der Waals surface area contributed by atoms with Gasteiger partial charge >= 0.3 is 0 Å². The lowest BCUT2D eigenvalue weighted by Gasteiger charge is -2.31. The normalized spacial score (nSPS) is 14.8. The summed E-state index contributed by atoms with van der Waals surface area (Å²) in [6.07, 6.45) is 2.90. The number of hydrazone groups is 1. The van der Waals surface area contributed by atoms with Crippen molar-refractivity contribution >= 4 is 18.0 Å². The van der Waals surface area contributed by atoms with Crippen LogP contribution in [0.2, 0.25) is 0 Å². The minimum atomic E-state index is -0.127. The van der Waals surface area contributed by atoms with E-state index in [-0.39, 0.29) is 17.7 Å². The number of nitrogens with one attached hydrogen (secondary N) is 1. The highest BCUT2D eigenvalue weighted by molar-refractivity contribution is 5.94. The van der Waals surface area contributed by atoms with Crippen LogP contribution in [0.25, 0.3) is 0 Å². The predicted molar refractivity (Wildman–Crippen MR) is 108 cm³/mol. The number of rotatable bonds is 6. The lowest BCUT2D eigenvalue weighted by Crippen LogP contribution is -2.42. The van der Waals surface area contributed by atoms with Crippen LogP contribution in [0.3, 0.4) is 0 Å². The standard InChI is InChI=1S/C22H25N3O3/c1-2-28-20-10-8-17(9-11-20)16-23-24-21(26)18-12-14-25(15-13-18)22(27)19-6-4-3-5-7-19/h3-11,16,18H,2,12-15H2,1H3,(H,24,26)/b23-16-. The minimum absolute atomic E-state index is 0.0213. The molecule has 2 aromatic carbocycles. The molecule has 146 valence electrons. The number of hydrogen-bond donors (Lipinski definition) is 1. The molecule has 1 N–H and O–H groups in total. The average Bonchev–Trinajstić information content (AvgIpc) is 2.75. The zero-order valence-electron chi connectivity index (χ0n) is 16.0. The summed E-state index contributed by atoms with van der Waals surface area (Å²) in [4.78, 5) is 26.6. The van der Waals surface area contributed by atoms with Crippen molar-refractivity contribution < 1.29 is 14.3 Å². The highest BCUT2D eigenvalue weighted by atomic mass is 16.5. The Labute approximate surface area is 165 Å². The zero-order valence-corrected chi connectivity index (χ0v) is 16.0. The predicted octanol–water partition coefficient (Wildman–Crippen LogP) is 3.09. The van der Waals surface area contributed by atoms with E-state index >= 15 is 0 Å². The number of carbonyl (C=O) groups is 2. The number of hydrogen-bond acceptors (Lipinski definition) is 4. The Morgan fingerprint density at radius 2 is 1.79 bits per heavy atom. The van der Waals surface area contributed by atoms with Crippen LogP contribution < -0.4 is 10.2 Å². The molecule has 3 rings (SSSR count). The van der Waals surface area contributed by atoms with Gasteiger partial charge in [0.15, 0.2) is 0 Å². The first-order valence-electron chi connectivity index (χ1n) is 9.57. The fraction of sp³-hybridized carbons (Fsp3) is 0.318. The third kappa shape index (κ3) is 5.19. The highest BCUT2D eigenvalue weighted by Crippen LogP contribution is 2.19. The van der Waals surface area contributed by atoms with Gasteiger partial charge in [-0.25, -0.2) is 5.43 Å². The van der Waals surface area contributed by atoms with Crippen molar-refractivity contribution in [3.05, 3.63) is 65.7 Å². The molecule has 0 radical (unpaired) electrons. The summed E-state index contributed by atoms with van der Waals surface area (Å²) in [6.45, 7) is 3.72. The summed E-state index contributed by atoms with van der Waals surface area (Å²) in [5.74, 6) is 0.597. The van der Waals surface area contributed by atoms with Crippen molar-refractivity contribution in [2.24, 2.45) is 11.0 Å². The van der Waals surface area contributed by atoms with Crippen molar-refractivity contribution in [3.63, 3.8) is 0 Å². The third-order valence-corrected chi connectivity index (χ3v) is 4.75. The fourth-order valence-electron chi connectivity index (χ4n) is 3.19. The molecule has 0 aromatic heterocycles. The molecular weight excluding hydrogens is 354 g/mol. The molecule has 2 amide bonds. The lowest BCUT2D eigenvalue weighted by molar-refractivity contribution is -0.126. The monoisotopic (exact) mass is 379 g/mol. The van der Waals surface area contributed by atoms with Gasteiger partial charge in [0.1, 0.15) is 5.75 Å². The Balaban J connectivity index is 1.45. The first kappa shape index (κ1) is 19.6. The van der Waals surface area contributed by atoms with Gasteiger partial charge in [-0.05, 0) is 61.7 Å². The van der Waals surface area contributed by atoms with Crippen molar-refractivity contribution in [1.82, 2.24) is 10.3 Å². The molecule has 0 spiro atoms. The van der Waals surface area contributed by atoms with E-state index in [1.54, 1.807) is 6.21 Å². The van der Waals surface area contributed by atoms with Gasteiger partial charge in [0.25, 0.3) is 5.91 Å². The van der Waals surface area contributed by atoms with Crippen LogP contribution in [0.5, 0.6) is 5.75 Å². The second-order valence-corrected chi connectivity index (χ2v) is 6.67. The van der Waals surface area contributed by atoms with Gasteiger partial charge in [-0.2, -0.15) is 5.10 Å². The molecule has 6 nitrogen and oxygen atoms in total. The second kappa shape index (κ2) is 9.69. The van der Waals surface area contributed by atoms with Crippen molar-refractivity contribution in [3.8, 4) is 5.75 Å². The summed E-state index contributed by atoms with van der Waals surface area (Å²) in [6, 6.07) is 16.7.